The lowest BCUT2D eigenvalue weighted by Crippen LogP contribution is -2.09. The second-order valence-electron chi connectivity index (χ2n) is 4.35. The first-order chi connectivity index (χ1) is 9.69. The summed E-state index contributed by atoms with van der Waals surface area (Å²) in [5.41, 5.74) is 0.628. The van der Waals surface area contributed by atoms with Crippen LogP contribution in [0.15, 0.2) is 47.1 Å². The SMILES string of the molecule is CCC(=O)c1ccc(OC(=O)CCc2ccco2)cc1. The molecule has 0 saturated carbocycles. The lowest BCUT2D eigenvalue weighted by atomic mass is 10.1. The minimum absolute atomic E-state index is 0.0701. The van der Waals surface area contributed by atoms with Gasteiger partial charge in [-0.15, -0.1) is 0 Å². The average molecular weight is 272 g/mol. The lowest BCUT2D eigenvalue weighted by molar-refractivity contribution is -0.134. The number of benzene rings is 1. The summed E-state index contributed by atoms with van der Waals surface area (Å²) in [6.45, 7) is 1.81. The van der Waals surface area contributed by atoms with Gasteiger partial charge < -0.3 is 9.15 Å². The van der Waals surface area contributed by atoms with E-state index in [1.807, 2.05) is 13.0 Å². The topological polar surface area (TPSA) is 56.5 Å². The molecule has 104 valence electrons. The zero-order valence-electron chi connectivity index (χ0n) is 11.3. The zero-order chi connectivity index (χ0) is 14.4. The fourth-order valence-corrected chi connectivity index (χ4v) is 1.78. The first kappa shape index (κ1) is 14.1. The van der Waals surface area contributed by atoms with Crippen molar-refractivity contribution in [1.82, 2.24) is 0 Å². The maximum atomic E-state index is 11.7. The molecule has 0 N–H and O–H groups in total. The van der Waals surface area contributed by atoms with Gasteiger partial charge in [0.15, 0.2) is 5.78 Å². The summed E-state index contributed by atoms with van der Waals surface area (Å²) in [4.78, 5) is 23.1. The van der Waals surface area contributed by atoms with Gasteiger partial charge in [-0.2, -0.15) is 0 Å². The molecule has 0 bridgehead atoms. The number of aryl methyl sites for hydroxylation is 1. The number of ether oxygens (including phenoxy) is 1. The van der Waals surface area contributed by atoms with E-state index in [0.717, 1.165) is 5.76 Å². The molecule has 2 rings (SSSR count). The average Bonchev–Trinajstić information content (AvgIpc) is 2.98. The van der Waals surface area contributed by atoms with Gasteiger partial charge in [0.05, 0.1) is 12.7 Å². The number of carbonyl (C=O) groups excluding carboxylic acids is 2. The van der Waals surface area contributed by atoms with Gasteiger partial charge in [-0.25, -0.2) is 0 Å². The number of hydrogen-bond donors (Lipinski definition) is 0. The molecule has 0 spiro atoms. The first-order valence-corrected chi connectivity index (χ1v) is 6.55. The van der Waals surface area contributed by atoms with Gasteiger partial charge in [0.2, 0.25) is 0 Å². The van der Waals surface area contributed by atoms with E-state index in [0.29, 0.717) is 24.2 Å². The Labute approximate surface area is 117 Å². The molecule has 0 aliphatic rings. The van der Waals surface area contributed by atoms with Gasteiger partial charge >= 0.3 is 5.97 Å². The highest BCUT2D eigenvalue weighted by atomic mass is 16.5. The largest absolute Gasteiger partial charge is 0.469 e. The van der Waals surface area contributed by atoms with Crippen LogP contribution in [0, 0.1) is 0 Å². The Morgan fingerprint density at radius 3 is 2.50 bits per heavy atom. The van der Waals surface area contributed by atoms with Crippen molar-refractivity contribution >= 4 is 11.8 Å². The van der Waals surface area contributed by atoms with E-state index >= 15 is 0 Å². The van der Waals surface area contributed by atoms with E-state index in [4.69, 9.17) is 9.15 Å². The smallest absolute Gasteiger partial charge is 0.311 e. The Hall–Kier alpha value is -2.36. The third-order valence-electron chi connectivity index (χ3n) is 2.88. The van der Waals surface area contributed by atoms with E-state index in [1.165, 1.54) is 0 Å². The highest BCUT2D eigenvalue weighted by Crippen LogP contribution is 2.14. The fourth-order valence-electron chi connectivity index (χ4n) is 1.78. The number of esters is 1. The van der Waals surface area contributed by atoms with Crippen LogP contribution in [0.3, 0.4) is 0 Å². The molecular weight excluding hydrogens is 256 g/mol. The maximum absolute atomic E-state index is 11.7. The van der Waals surface area contributed by atoms with Crippen molar-refractivity contribution in [2.45, 2.75) is 26.2 Å². The van der Waals surface area contributed by atoms with Crippen LogP contribution in [0.4, 0.5) is 0 Å². The molecule has 0 radical (unpaired) electrons. The lowest BCUT2D eigenvalue weighted by Gasteiger charge is -2.04. The number of ketones is 1. The molecule has 0 saturated heterocycles. The van der Waals surface area contributed by atoms with Crippen LogP contribution in [0.1, 0.15) is 35.9 Å². The van der Waals surface area contributed by atoms with Gasteiger partial charge in [0.25, 0.3) is 0 Å². The molecule has 0 aliphatic carbocycles. The molecule has 0 amide bonds. The van der Waals surface area contributed by atoms with Crippen molar-refractivity contribution in [2.24, 2.45) is 0 Å². The Morgan fingerprint density at radius 1 is 1.15 bits per heavy atom. The van der Waals surface area contributed by atoms with Gasteiger partial charge in [0, 0.05) is 18.4 Å². The number of furan rings is 1. The normalized spacial score (nSPS) is 10.2. The molecule has 4 nitrogen and oxygen atoms in total. The molecule has 4 heteroatoms. The van der Waals surface area contributed by atoms with Crippen LogP contribution in [0.2, 0.25) is 0 Å². The van der Waals surface area contributed by atoms with Crippen LogP contribution in [-0.2, 0) is 11.2 Å². The molecule has 1 heterocycles. The van der Waals surface area contributed by atoms with E-state index in [9.17, 15) is 9.59 Å². The quantitative estimate of drug-likeness (QED) is 0.459. The van der Waals surface area contributed by atoms with Gasteiger partial charge in [-0.3, -0.25) is 9.59 Å². The number of carbonyl (C=O) groups is 2. The van der Waals surface area contributed by atoms with Crippen LogP contribution in [0.25, 0.3) is 0 Å². The van der Waals surface area contributed by atoms with E-state index in [-0.39, 0.29) is 18.2 Å². The number of rotatable bonds is 6. The molecule has 1 aromatic heterocycles. The molecule has 0 aliphatic heterocycles. The molecule has 0 unspecified atom stereocenters. The minimum atomic E-state index is -0.323. The van der Waals surface area contributed by atoms with Crippen molar-refractivity contribution in [2.75, 3.05) is 0 Å². The molecule has 20 heavy (non-hydrogen) atoms. The third-order valence-corrected chi connectivity index (χ3v) is 2.88. The number of Topliss-reactive ketones (excluding diaryl/α,β-unsaturated/α-hetero) is 1. The van der Waals surface area contributed by atoms with Crippen molar-refractivity contribution in [3.8, 4) is 5.75 Å². The molecule has 0 atom stereocenters. The predicted octanol–water partition coefficient (Wildman–Crippen LogP) is 3.41. The summed E-state index contributed by atoms with van der Waals surface area (Å²) < 4.78 is 10.3. The van der Waals surface area contributed by atoms with Gasteiger partial charge in [-0.1, -0.05) is 6.92 Å². The highest BCUT2D eigenvalue weighted by molar-refractivity contribution is 5.95. The summed E-state index contributed by atoms with van der Waals surface area (Å²) in [5, 5.41) is 0. The first-order valence-electron chi connectivity index (χ1n) is 6.55. The fraction of sp³-hybridized carbons (Fsp3) is 0.250. The summed E-state index contributed by atoms with van der Waals surface area (Å²) in [6, 6.07) is 10.2. The van der Waals surface area contributed by atoms with Gasteiger partial charge in [0.1, 0.15) is 11.5 Å². The Balaban J connectivity index is 1.86. The van der Waals surface area contributed by atoms with E-state index in [2.05, 4.69) is 0 Å². The third kappa shape index (κ3) is 3.82. The van der Waals surface area contributed by atoms with E-state index < -0.39 is 0 Å². The van der Waals surface area contributed by atoms with Crippen molar-refractivity contribution in [1.29, 1.82) is 0 Å². The van der Waals surface area contributed by atoms with E-state index in [1.54, 1.807) is 36.6 Å². The minimum Gasteiger partial charge on any atom is -0.469 e. The molecule has 0 fully saturated rings. The van der Waals surface area contributed by atoms with Crippen molar-refractivity contribution in [3.63, 3.8) is 0 Å². The Morgan fingerprint density at radius 2 is 1.90 bits per heavy atom. The van der Waals surface area contributed by atoms with Crippen molar-refractivity contribution < 1.29 is 18.7 Å². The monoisotopic (exact) mass is 272 g/mol. The molecule has 2 aromatic rings. The van der Waals surface area contributed by atoms with Crippen LogP contribution < -0.4 is 4.74 Å². The second-order valence-corrected chi connectivity index (χ2v) is 4.35. The highest BCUT2D eigenvalue weighted by Gasteiger charge is 2.08. The summed E-state index contributed by atoms with van der Waals surface area (Å²) in [7, 11) is 0. The van der Waals surface area contributed by atoms with Gasteiger partial charge in [-0.05, 0) is 36.4 Å². The maximum Gasteiger partial charge on any atom is 0.311 e. The zero-order valence-corrected chi connectivity index (χ0v) is 11.3. The summed E-state index contributed by atoms with van der Waals surface area (Å²) in [5.74, 6) is 0.949. The van der Waals surface area contributed by atoms with Crippen molar-refractivity contribution in [3.05, 3.63) is 54.0 Å². The Kier molecular flexibility index (Phi) is 4.71. The second kappa shape index (κ2) is 6.70. The Bertz CT molecular complexity index is 567. The standard InChI is InChI=1S/C16H16O4/c1-2-15(17)12-5-7-14(8-6-12)20-16(18)10-9-13-4-3-11-19-13/h3-8,11H,2,9-10H2,1H3. The summed E-state index contributed by atoms with van der Waals surface area (Å²) >= 11 is 0. The summed E-state index contributed by atoms with van der Waals surface area (Å²) in [6.07, 6.45) is 2.80. The predicted molar refractivity (Wildman–Crippen MR) is 73.7 cm³/mol. The van der Waals surface area contributed by atoms with Crippen LogP contribution in [-0.4, -0.2) is 11.8 Å². The van der Waals surface area contributed by atoms with Crippen LogP contribution in [0.5, 0.6) is 5.75 Å². The van der Waals surface area contributed by atoms with Crippen LogP contribution >= 0.6 is 0 Å². The molecular formula is C16H16O4. The number of hydrogen-bond acceptors (Lipinski definition) is 4. The molecule has 1 aromatic carbocycles.